The van der Waals surface area contributed by atoms with Crippen LogP contribution in [0.3, 0.4) is 0 Å². The second-order valence-corrected chi connectivity index (χ2v) is 7.93. The molecule has 1 fully saturated rings. The van der Waals surface area contributed by atoms with E-state index >= 15 is 0 Å². The highest BCUT2D eigenvalue weighted by Crippen LogP contribution is 2.28. The minimum absolute atomic E-state index is 0.0744. The first-order chi connectivity index (χ1) is 13.8. The summed E-state index contributed by atoms with van der Waals surface area (Å²) in [7, 11) is 0. The van der Waals surface area contributed by atoms with Crippen LogP contribution in [0.2, 0.25) is 0 Å². The minimum atomic E-state index is -1.15. The van der Waals surface area contributed by atoms with E-state index in [-0.39, 0.29) is 16.7 Å². The Morgan fingerprint density at radius 2 is 1.86 bits per heavy atom. The predicted molar refractivity (Wildman–Crippen MR) is 106 cm³/mol. The smallest absolute Gasteiger partial charge is 0.351 e. The standard InChI is InChI=1S/C20H22FN3O4S/c1-11-16(29-18(22-11)13-7-9-14(21)10-8-13)19(26)28-12(2)17(25)24-20(27)23-15-5-3-4-6-15/h7-10,12,15H,3-6H2,1-2H3,(H2,23,24,25,27)/t12-/m0/s1. The van der Waals surface area contributed by atoms with E-state index in [1.54, 1.807) is 19.1 Å². The van der Waals surface area contributed by atoms with Gasteiger partial charge in [-0.15, -0.1) is 11.3 Å². The topological polar surface area (TPSA) is 97.4 Å². The van der Waals surface area contributed by atoms with Crippen LogP contribution in [0.25, 0.3) is 10.6 Å². The van der Waals surface area contributed by atoms with Crippen LogP contribution < -0.4 is 10.6 Å². The van der Waals surface area contributed by atoms with Gasteiger partial charge in [0.15, 0.2) is 6.10 Å². The zero-order valence-electron chi connectivity index (χ0n) is 16.2. The van der Waals surface area contributed by atoms with Crippen molar-refractivity contribution in [2.24, 2.45) is 0 Å². The van der Waals surface area contributed by atoms with Crippen LogP contribution in [0, 0.1) is 12.7 Å². The van der Waals surface area contributed by atoms with Gasteiger partial charge in [0.05, 0.1) is 5.69 Å². The first-order valence-corrected chi connectivity index (χ1v) is 10.2. The molecule has 1 aliphatic carbocycles. The van der Waals surface area contributed by atoms with E-state index in [4.69, 9.17) is 4.74 Å². The molecule has 2 aromatic rings. The number of hydrogen-bond donors (Lipinski definition) is 2. The van der Waals surface area contributed by atoms with Crippen molar-refractivity contribution in [2.75, 3.05) is 0 Å². The lowest BCUT2D eigenvalue weighted by Crippen LogP contribution is -2.47. The predicted octanol–water partition coefficient (Wildman–Crippen LogP) is 3.57. The third-order valence-electron chi connectivity index (χ3n) is 4.65. The van der Waals surface area contributed by atoms with Crippen molar-refractivity contribution in [3.05, 3.63) is 40.7 Å². The number of hydrogen-bond acceptors (Lipinski definition) is 6. The van der Waals surface area contributed by atoms with Gasteiger partial charge in [-0.25, -0.2) is 19.0 Å². The van der Waals surface area contributed by atoms with Crippen LogP contribution in [0.15, 0.2) is 24.3 Å². The summed E-state index contributed by atoms with van der Waals surface area (Å²) in [6, 6.07) is 5.26. The molecule has 1 aromatic carbocycles. The lowest BCUT2D eigenvalue weighted by atomic mass is 10.2. The summed E-state index contributed by atoms with van der Waals surface area (Å²) in [4.78, 5) is 41.1. The number of halogens is 1. The summed E-state index contributed by atoms with van der Waals surface area (Å²) in [5.41, 5.74) is 1.12. The maximum Gasteiger partial charge on any atom is 0.351 e. The molecule has 1 atom stereocenters. The van der Waals surface area contributed by atoms with E-state index in [1.807, 2.05) is 0 Å². The Morgan fingerprint density at radius 1 is 1.21 bits per heavy atom. The van der Waals surface area contributed by atoms with Gasteiger partial charge in [-0.2, -0.15) is 0 Å². The van der Waals surface area contributed by atoms with Crippen molar-refractivity contribution in [1.82, 2.24) is 15.6 Å². The molecule has 0 saturated heterocycles. The van der Waals surface area contributed by atoms with E-state index in [9.17, 15) is 18.8 Å². The highest BCUT2D eigenvalue weighted by Gasteiger charge is 2.25. The molecule has 1 aliphatic rings. The fourth-order valence-corrected chi connectivity index (χ4v) is 4.03. The number of carbonyl (C=O) groups excluding carboxylic acids is 3. The van der Waals surface area contributed by atoms with Gasteiger partial charge in [0.1, 0.15) is 15.7 Å². The first-order valence-electron chi connectivity index (χ1n) is 9.39. The Bertz CT molecular complexity index is 907. The fourth-order valence-electron chi connectivity index (χ4n) is 3.07. The van der Waals surface area contributed by atoms with Crippen molar-refractivity contribution >= 4 is 29.2 Å². The quantitative estimate of drug-likeness (QED) is 0.722. The van der Waals surface area contributed by atoms with Crippen LogP contribution >= 0.6 is 11.3 Å². The summed E-state index contributed by atoms with van der Waals surface area (Å²) in [5, 5.41) is 5.48. The van der Waals surface area contributed by atoms with Crippen molar-refractivity contribution in [3.8, 4) is 10.6 Å². The van der Waals surface area contributed by atoms with Crippen LogP contribution in [-0.4, -0.2) is 35.0 Å². The number of benzene rings is 1. The van der Waals surface area contributed by atoms with Gasteiger partial charge in [0.2, 0.25) is 0 Å². The Labute approximate surface area is 171 Å². The molecule has 29 heavy (non-hydrogen) atoms. The third kappa shape index (κ3) is 5.38. The number of thiazole rings is 1. The number of rotatable bonds is 5. The van der Waals surface area contributed by atoms with Gasteiger partial charge in [-0.05, 0) is 51.0 Å². The van der Waals surface area contributed by atoms with Crippen molar-refractivity contribution in [2.45, 2.75) is 51.7 Å². The Morgan fingerprint density at radius 3 is 2.52 bits per heavy atom. The molecule has 1 aromatic heterocycles. The molecule has 9 heteroatoms. The molecular formula is C20H22FN3O4S. The van der Waals surface area contributed by atoms with E-state index in [0.717, 1.165) is 37.0 Å². The fraction of sp³-hybridized carbons (Fsp3) is 0.400. The number of ether oxygens (including phenoxy) is 1. The molecule has 0 radical (unpaired) electrons. The average Bonchev–Trinajstić information content (AvgIpc) is 3.31. The molecular weight excluding hydrogens is 397 g/mol. The highest BCUT2D eigenvalue weighted by molar-refractivity contribution is 7.17. The lowest BCUT2D eigenvalue weighted by molar-refractivity contribution is -0.127. The Hall–Kier alpha value is -2.81. The Kier molecular flexibility index (Phi) is 6.58. The van der Waals surface area contributed by atoms with Crippen LogP contribution in [-0.2, 0) is 9.53 Å². The van der Waals surface area contributed by atoms with E-state index in [2.05, 4.69) is 15.6 Å². The molecule has 0 unspecified atom stereocenters. The highest BCUT2D eigenvalue weighted by atomic mass is 32.1. The zero-order valence-corrected chi connectivity index (χ0v) is 17.0. The third-order valence-corrected chi connectivity index (χ3v) is 5.84. The summed E-state index contributed by atoms with van der Waals surface area (Å²) in [6.45, 7) is 3.05. The SMILES string of the molecule is Cc1nc(-c2ccc(F)cc2)sc1C(=O)O[C@@H](C)C(=O)NC(=O)NC1CCCC1. The normalized spacial score (nSPS) is 15.0. The molecule has 1 saturated carbocycles. The van der Waals surface area contributed by atoms with Crippen LogP contribution in [0.5, 0.6) is 0 Å². The van der Waals surface area contributed by atoms with Gasteiger partial charge in [0.25, 0.3) is 5.91 Å². The van der Waals surface area contributed by atoms with Gasteiger partial charge in [-0.3, -0.25) is 10.1 Å². The maximum absolute atomic E-state index is 13.1. The average molecular weight is 419 g/mol. The Balaban J connectivity index is 1.58. The van der Waals surface area contributed by atoms with E-state index < -0.39 is 24.0 Å². The maximum atomic E-state index is 13.1. The molecule has 3 rings (SSSR count). The second kappa shape index (κ2) is 9.13. The molecule has 0 bridgehead atoms. The summed E-state index contributed by atoms with van der Waals surface area (Å²) in [5.74, 6) is -1.76. The number of nitrogens with zero attached hydrogens (tertiary/aromatic N) is 1. The summed E-state index contributed by atoms with van der Waals surface area (Å²) < 4.78 is 18.3. The molecule has 7 nitrogen and oxygen atoms in total. The van der Waals surface area contributed by atoms with Gasteiger partial charge >= 0.3 is 12.0 Å². The van der Waals surface area contributed by atoms with Gasteiger partial charge in [-0.1, -0.05) is 12.8 Å². The number of amides is 3. The number of aromatic nitrogens is 1. The number of carbonyl (C=O) groups is 3. The number of nitrogens with one attached hydrogen (secondary N) is 2. The minimum Gasteiger partial charge on any atom is -0.448 e. The van der Waals surface area contributed by atoms with E-state index in [0.29, 0.717) is 16.3 Å². The summed E-state index contributed by atoms with van der Waals surface area (Å²) in [6.07, 6.45) is 2.76. The molecule has 0 aliphatic heterocycles. The van der Waals surface area contributed by atoms with Gasteiger partial charge < -0.3 is 10.1 Å². The van der Waals surface area contributed by atoms with Crippen LogP contribution in [0.4, 0.5) is 9.18 Å². The van der Waals surface area contributed by atoms with E-state index in [1.165, 1.54) is 19.1 Å². The lowest BCUT2D eigenvalue weighted by Gasteiger charge is -2.15. The molecule has 154 valence electrons. The van der Waals surface area contributed by atoms with Crippen LogP contribution in [0.1, 0.15) is 48.0 Å². The molecule has 3 amide bonds. The van der Waals surface area contributed by atoms with Crippen molar-refractivity contribution in [1.29, 1.82) is 0 Å². The van der Waals surface area contributed by atoms with Crippen molar-refractivity contribution < 1.29 is 23.5 Å². The second-order valence-electron chi connectivity index (χ2n) is 6.93. The van der Waals surface area contributed by atoms with Gasteiger partial charge in [0, 0.05) is 11.6 Å². The van der Waals surface area contributed by atoms with Crippen molar-refractivity contribution in [3.63, 3.8) is 0 Å². The molecule has 0 spiro atoms. The first kappa shape index (κ1) is 20.9. The zero-order chi connectivity index (χ0) is 21.0. The monoisotopic (exact) mass is 419 g/mol. The number of aryl methyl sites for hydroxylation is 1. The summed E-state index contributed by atoms with van der Waals surface area (Å²) >= 11 is 1.10. The number of urea groups is 1. The number of imide groups is 1. The largest absolute Gasteiger partial charge is 0.448 e. The number of esters is 1. The molecule has 2 N–H and O–H groups in total. The molecule has 1 heterocycles.